The standard InChI is InChI=1S/C25H36N4O2.HI/c1-20(22-8-6-9-23(18-22)29-15-4-5-16-29)28-25(26-2)27-14-7-17-31-19-21-10-12-24(30-3)13-11-21;/h6,8-13,18,20H,4-5,7,14-17,19H2,1-3H3,(H2,26,27,28);1H. The fraction of sp³-hybridized carbons (Fsp3) is 0.480. The number of methoxy groups -OCH3 is 1. The molecular weight excluding hydrogens is 515 g/mol. The lowest BCUT2D eigenvalue weighted by molar-refractivity contribution is 0.119. The van der Waals surface area contributed by atoms with Crippen molar-refractivity contribution in [2.75, 3.05) is 45.3 Å². The lowest BCUT2D eigenvalue weighted by atomic mass is 10.1. The van der Waals surface area contributed by atoms with E-state index in [2.05, 4.69) is 51.7 Å². The van der Waals surface area contributed by atoms with Crippen LogP contribution in [-0.4, -0.2) is 46.4 Å². The van der Waals surface area contributed by atoms with Crippen LogP contribution in [0.5, 0.6) is 5.75 Å². The third kappa shape index (κ3) is 8.16. The van der Waals surface area contributed by atoms with Crippen molar-refractivity contribution >= 4 is 35.6 Å². The quantitative estimate of drug-likeness (QED) is 0.193. The van der Waals surface area contributed by atoms with E-state index in [4.69, 9.17) is 9.47 Å². The zero-order valence-electron chi connectivity index (χ0n) is 19.5. The number of nitrogens with one attached hydrogen (secondary N) is 2. The molecule has 1 fully saturated rings. The zero-order valence-corrected chi connectivity index (χ0v) is 21.8. The van der Waals surface area contributed by atoms with Crippen molar-refractivity contribution in [1.29, 1.82) is 0 Å². The van der Waals surface area contributed by atoms with Gasteiger partial charge >= 0.3 is 0 Å². The van der Waals surface area contributed by atoms with E-state index < -0.39 is 0 Å². The molecular formula is C25H37IN4O2. The van der Waals surface area contributed by atoms with Gasteiger partial charge in [-0.3, -0.25) is 4.99 Å². The number of hydrogen-bond donors (Lipinski definition) is 2. The van der Waals surface area contributed by atoms with Crippen LogP contribution in [0.2, 0.25) is 0 Å². The maximum Gasteiger partial charge on any atom is 0.191 e. The summed E-state index contributed by atoms with van der Waals surface area (Å²) in [5.74, 6) is 1.68. The Balaban J connectivity index is 0.00000363. The van der Waals surface area contributed by atoms with Crippen LogP contribution >= 0.6 is 24.0 Å². The highest BCUT2D eigenvalue weighted by molar-refractivity contribution is 14.0. The van der Waals surface area contributed by atoms with Gasteiger partial charge in [-0.05, 0) is 61.6 Å². The molecule has 1 aliphatic heterocycles. The maximum atomic E-state index is 5.78. The Morgan fingerprint density at radius 3 is 2.56 bits per heavy atom. The summed E-state index contributed by atoms with van der Waals surface area (Å²) in [7, 11) is 3.48. The lowest BCUT2D eigenvalue weighted by Crippen LogP contribution is -2.39. The molecule has 2 aromatic rings. The monoisotopic (exact) mass is 552 g/mol. The Bertz CT molecular complexity index is 823. The van der Waals surface area contributed by atoms with Gasteiger partial charge in [0.2, 0.25) is 0 Å². The fourth-order valence-electron chi connectivity index (χ4n) is 3.74. The van der Waals surface area contributed by atoms with Gasteiger partial charge in [0.25, 0.3) is 0 Å². The summed E-state index contributed by atoms with van der Waals surface area (Å²) in [5.41, 5.74) is 3.74. The van der Waals surface area contributed by atoms with Crippen molar-refractivity contribution in [2.45, 2.75) is 38.8 Å². The van der Waals surface area contributed by atoms with Gasteiger partial charge in [0.05, 0.1) is 19.8 Å². The smallest absolute Gasteiger partial charge is 0.191 e. The Labute approximate surface area is 209 Å². The second kappa shape index (κ2) is 14.2. The molecule has 176 valence electrons. The maximum absolute atomic E-state index is 5.78. The molecule has 7 heteroatoms. The molecule has 3 rings (SSSR count). The van der Waals surface area contributed by atoms with Gasteiger partial charge < -0.3 is 25.0 Å². The van der Waals surface area contributed by atoms with E-state index in [1.54, 1.807) is 7.11 Å². The fourth-order valence-corrected chi connectivity index (χ4v) is 3.74. The molecule has 0 radical (unpaired) electrons. The Morgan fingerprint density at radius 1 is 1.12 bits per heavy atom. The van der Waals surface area contributed by atoms with Gasteiger partial charge in [-0.1, -0.05) is 24.3 Å². The summed E-state index contributed by atoms with van der Waals surface area (Å²) >= 11 is 0. The summed E-state index contributed by atoms with van der Waals surface area (Å²) < 4.78 is 11.0. The van der Waals surface area contributed by atoms with Crippen LogP contribution in [0.1, 0.15) is 43.4 Å². The Hall–Kier alpha value is -2.00. The summed E-state index contributed by atoms with van der Waals surface area (Å²) in [6.07, 6.45) is 3.49. The largest absolute Gasteiger partial charge is 0.497 e. The molecule has 2 aromatic carbocycles. The van der Waals surface area contributed by atoms with E-state index in [1.807, 2.05) is 31.3 Å². The van der Waals surface area contributed by atoms with Gasteiger partial charge in [0.1, 0.15) is 5.75 Å². The first-order valence-electron chi connectivity index (χ1n) is 11.2. The molecule has 1 saturated heterocycles. The van der Waals surface area contributed by atoms with Crippen LogP contribution in [0.4, 0.5) is 5.69 Å². The molecule has 0 aromatic heterocycles. The van der Waals surface area contributed by atoms with E-state index in [1.165, 1.54) is 24.1 Å². The molecule has 6 nitrogen and oxygen atoms in total. The molecule has 1 atom stereocenters. The molecule has 0 saturated carbocycles. The van der Waals surface area contributed by atoms with Crippen molar-refractivity contribution < 1.29 is 9.47 Å². The number of anilines is 1. The average molecular weight is 553 g/mol. The van der Waals surface area contributed by atoms with E-state index in [9.17, 15) is 0 Å². The third-order valence-corrected chi connectivity index (χ3v) is 5.60. The minimum atomic E-state index is 0. The van der Waals surface area contributed by atoms with E-state index in [0.717, 1.165) is 43.3 Å². The summed E-state index contributed by atoms with van der Waals surface area (Å²) in [5, 5.41) is 6.88. The van der Waals surface area contributed by atoms with Crippen molar-refractivity contribution in [3.05, 3.63) is 59.7 Å². The second-order valence-electron chi connectivity index (χ2n) is 7.91. The minimum Gasteiger partial charge on any atom is -0.497 e. The second-order valence-corrected chi connectivity index (χ2v) is 7.91. The SMILES string of the molecule is CN=C(NCCCOCc1ccc(OC)cc1)NC(C)c1cccc(N2CCCC2)c1.I. The van der Waals surface area contributed by atoms with Gasteiger partial charge in [-0.25, -0.2) is 0 Å². The van der Waals surface area contributed by atoms with Gasteiger partial charge in [-0.15, -0.1) is 24.0 Å². The number of aliphatic imine (C=N–C) groups is 1. The number of halogens is 1. The van der Waals surface area contributed by atoms with Crippen LogP contribution in [-0.2, 0) is 11.3 Å². The predicted molar refractivity (Wildman–Crippen MR) is 143 cm³/mol. The molecule has 2 N–H and O–H groups in total. The van der Waals surface area contributed by atoms with Crippen LogP contribution in [0.3, 0.4) is 0 Å². The first kappa shape index (κ1) is 26.3. The third-order valence-electron chi connectivity index (χ3n) is 5.60. The van der Waals surface area contributed by atoms with Crippen molar-refractivity contribution in [2.24, 2.45) is 4.99 Å². The number of nitrogens with zero attached hydrogens (tertiary/aromatic N) is 2. The van der Waals surface area contributed by atoms with E-state index in [-0.39, 0.29) is 30.0 Å². The summed E-state index contributed by atoms with van der Waals surface area (Å²) in [4.78, 5) is 6.83. The van der Waals surface area contributed by atoms with E-state index in [0.29, 0.717) is 13.2 Å². The Kier molecular flexibility index (Phi) is 11.7. The van der Waals surface area contributed by atoms with Gasteiger partial charge in [0, 0.05) is 39.0 Å². The van der Waals surface area contributed by atoms with Crippen LogP contribution in [0.15, 0.2) is 53.5 Å². The molecule has 0 spiro atoms. The number of hydrogen-bond acceptors (Lipinski definition) is 4. The molecule has 1 unspecified atom stereocenters. The summed E-state index contributed by atoms with van der Waals surface area (Å²) in [6, 6.07) is 17.0. The highest BCUT2D eigenvalue weighted by Gasteiger charge is 2.14. The molecule has 0 amide bonds. The van der Waals surface area contributed by atoms with Crippen molar-refractivity contribution in [3.63, 3.8) is 0 Å². The predicted octanol–water partition coefficient (Wildman–Crippen LogP) is 4.75. The summed E-state index contributed by atoms with van der Waals surface area (Å²) in [6.45, 7) is 6.62. The van der Waals surface area contributed by atoms with Gasteiger partial charge in [0.15, 0.2) is 5.96 Å². The van der Waals surface area contributed by atoms with Crippen molar-refractivity contribution in [3.8, 4) is 5.75 Å². The number of rotatable bonds is 10. The van der Waals surface area contributed by atoms with E-state index >= 15 is 0 Å². The van der Waals surface area contributed by atoms with Crippen LogP contribution in [0, 0.1) is 0 Å². The molecule has 1 heterocycles. The molecule has 0 bridgehead atoms. The van der Waals surface area contributed by atoms with Gasteiger partial charge in [-0.2, -0.15) is 0 Å². The topological polar surface area (TPSA) is 58.1 Å². The molecule has 32 heavy (non-hydrogen) atoms. The van der Waals surface area contributed by atoms with Crippen LogP contribution in [0.25, 0.3) is 0 Å². The first-order chi connectivity index (χ1) is 15.2. The molecule has 1 aliphatic rings. The zero-order chi connectivity index (χ0) is 21.9. The lowest BCUT2D eigenvalue weighted by Gasteiger charge is -2.22. The number of benzene rings is 2. The number of ether oxygens (including phenoxy) is 2. The minimum absolute atomic E-state index is 0. The molecule has 0 aliphatic carbocycles. The Morgan fingerprint density at radius 2 is 1.88 bits per heavy atom. The van der Waals surface area contributed by atoms with Crippen molar-refractivity contribution in [1.82, 2.24) is 10.6 Å². The highest BCUT2D eigenvalue weighted by Crippen LogP contribution is 2.23. The highest BCUT2D eigenvalue weighted by atomic mass is 127. The average Bonchev–Trinajstić information content (AvgIpc) is 3.36. The number of guanidine groups is 1. The van der Waals surface area contributed by atoms with Crippen LogP contribution < -0.4 is 20.3 Å². The normalized spacial score (nSPS) is 14.6. The first-order valence-corrected chi connectivity index (χ1v) is 11.2.